The molecule has 1 unspecified atom stereocenters. The zero-order valence-corrected chi connectivity index (χ0v) is 12.2. The van der Waals surface area contributed by atoms with E-state index in [1.165, 1.54) is 12.1 Å². The van der Waals surface area contributed by atoms with Gasteiger partial charge < -0.3 is 5.73 Å². The van der Waals surface area contributed by atoms with Gasteiger partial charge in [-0.15, -0.1) is 0 Å². The van der Waals surface area contributed by atoms with E-state index in [2.05, 4.69) is 15.9 Å². The number of nitrogens with two attached hydrogens (primary N) is 1. The summed E-state index contributed by atoms with van der Waals surface area (Å²) < 4.78 is 27.1. The first kappa shape index (κ1) is 14.4. The quantitative estimate of drug-likeness (QED) is 0.862. The third-order valence-electron chi connectivity index (χ3n) is 2.77. The molecule has 19 heavy (non-hydrogen) atoms. The van der Waals surface area contributed by atoms with Gasteiger partial charge in [0.05, 0.1) is 0 Å². The lowest BCUT2D eigenvalue weighted by Crippen LogP contribution is -2.14. The van der Waals surface area contributed by atoms with E-state index in [0.717, 1.165) is 16.1 Å². The maximum Gasteiger partial charge on any atom is 0.126 e. The Morgan fingerprint density at radius 3 is 2.32 bits per heavy atom. The summed E-state index contributed by atoms with van der Waals surface area (Å²) in [4.78, 5) is 0. The molecule has 0 aliphatic rings. The fourth-order valence-corrected chi connectivity index (χ4v) is 2.58. The molecule has 1 nitrogen and oxygen atoms in total. The van der Waals surface area contributed by atoms with Crippen molar-refractivity contribution in [1.29, 1.82) is 0 Å². The normalized spacial score (nSPS) is 12.5. The maximum absolute atomic E-state index is 13.1. The highest BCUT2D eigenvalue weighted by molar-refractivity contribution is 9.10. The van der Waals surface area contributed by atoms with Crippen LogP contribution in [0.2, 0.25) is 5.02 Å². The summed E-state index contributed by atoms with van der Waals surface area (Å²) in [5.41, 5.74) is 7.22. The molecule has 0 heterocycles. The van der Waals surface area contributed by atoms with Gasteiger partial charge in [0.2, 0.25) is 0 Å². The molecule has 5 heteroatoms. The van der Waals surface area contributed by atoms with Crippen LogP contribution in [0.15, 0.2) is 40.9 Å². The Kier molecular flexibility index (Phi) is 4.55. The predicted molar refractivity (Wildman–Crippen MR) is 76.1 cm³/mol. The Morgan fingerprint density at radius 2 is 1.74 bits per heavy atom. The van der Waals surface area contributed by atoms with Crippen molar-refractivity contribution >= 4 is 27.5 Å². The van der Waals surface area contributed by atoms with Crippen LogP contribution in [0.4, 0.5) is 8.78 Å². The van der Waals surface area contributed by atoms with E-state index in [0.29, 0.717) is 17.0 Å². The Hall–Kier alpha value is -0.970. The van der Waals surface area contributed by atoms with Crippen LogP contribution in [0.5, 0.6) is 0 Å². The monoisotopic (exact) mass is 345 g/mol. The average molecular weight is 347 g/mol. The average Bonchev–Trinajstić information content (AvgIpc) is 2.31. The molecule has 0 aliphatic heterocycles. The van der Waals surface area contributed by atoms with Crippen LogP contribution in [-0.4, -0.2) is 0 Å². The zero-order chi connectivity index (χ0) is 14.0. The Morgan fingerprint density at radius 1 is 1.11 bits per heavy atom. The van der Waals surface area contributed by atoms with Crippen molar-refractivity contribution in [1.82, 2.24) is 0 Å². The molecule has 2 N–H and O–H groups in total. The van der Waals surface area contributed by atoms with Crippen LogP contribution in [0.3, 0.4) is 0 Å². The standard InChI is InChI=1S/C14H11BrClF2N/c15-10-2-1-8(13(16)6-10)5-14(19)9-3-11(17)7-12(18)4-9/h1-4,6-7,14H,5,19H2. The number of hydrogen-bond donors (Lipinski definition) is 1. The Balaban J connectivity index is 2.22. The van der Waals surface area contributed by atoms with Gasteiger partial charge in [-0.25, -0.2) is 8.78 Å². The third kappa shape index (κ3) is 3.75. The lowest BCUT2D eigenvalue weighted by molar-refractivity contribution is 0.572. The van der Waals surface area contributed by atoms with Crippen LogP contribution in [0, 0.1) is 11.6 Å². The summed E-state index contributed by atoms with van der Waals surface area (Å²) in [7, 11) is 0. The molecule has 2 aromatic carbocycles. The summed E-state index contributed by atoms with van der Waals surface area (Å²) in [6.07, 6.45) is 0.412. The summed E-state index contributed by atoms with van der Waals surface area (Å²) in [6.45, 7) is 0. The van der Waals surface area contributed by atoms with Crippen molar-refractivity contribution < 1.29 is 8.78 Å². The molecule has 0 saturated heterocycles. The van der Waals surface area contributed by atoms with Crippen molar-refractivity contribution in [2.45, 2.75) is 12.5 Å². The van der Waals surface area contributed by atoms with Gasteiger partial charge in [-0.1, -0.05) is 33.6 Å². The molecule has 1 atom stereocenters. The summed E-state index contributed by atoms with van der Waals surface area (Å²) >= 11 is 9.40. The smallest absolute Gasteiger partial charge is 0.126 e. The van der Waals surface area contributed by atoms with Crippen LogP contribution in [0.25, 0.3) is 0 Å². The Labute approximate surface area is 123 Å². The zero-order valence-electron chi connectivity index (χ0n) is 9.84. The van der Waals surface area contributed by atoms with E-state index in [4.69, 9.17) is 17.3 Å². The van der Waals surface area contributed by atoms with E-state index in [-0.39, 0.29) is 0 Å². The molecule has 0 fully saturated rings. The molecule has 0 radical (unpaired) electrons. The maximum atomic E-state index is 13.1. The van der Waals surface area contributed by atoms with Gasteiger partial charge in [-0.05, 0) is 41.8 Å². The van der Waals surface area contributed by atoms with Crippen molar-refractivity contribution in [3.63, 3.8) is 0 Å². The molecule has 2 rings (SSSR count). The molecule has 100 valence electrons. The van der Waals surface area contributed by atoms with Gasteiger partial charge in [0.25, 0.3) is 0 Å². The van der Waals surface area contributed by atoms with Crippen LogP contribution in [-0.2, 0) is 6.42 Å². The molecular weight excluding hydrogens is 336 g/mol. The van der Waals surface area contributed by atoms with Crippen LogP contribution < -0.4 is 5.73 Å². The van der Waals surface area contributed by atoms with E-state index >= 15 is 0 Å². The van der Waals surface area contributed by atoms with E-state index < -0.39 is 17.7 Å². The fourth-order valence-electron chi connectivity index (χ4n) is 1.83. The molecule has 0 aromatic heterocycles. The van der Waals surface area contributed by atoms with Crippen molar-refractivity contribution in [2.24, 2.45) is 5.73 Å². The first-order chi connectivity index (χ1) is 8.95. The van der Waals surface area contributed by atoms with Crippen molar-refractivity contribution in [2.75, 3.05) is 0 Å². The number of rotatable bonds is 3. The summed E-state index contributed by atoms with van der Waals surface area (Å²) in [5, 5.41) is 0.571. The SMILES string of the molecule is NC(Cc1ccc(Br)cc1Cl)c1cc(F)cc(F)c1. The fraction of sp³-hybridized carbons (Fsp3) is 0.143. The first-order valence-electron chi connectivity index (χ1n) is 5.61. The molecule has 0 amide bonds. The Bertz CT molecular complexity index is 584. The third-order valence-corrected chi connectivity index (χ3v) is 3.61. The lowest BCUT2D eigenvalue weighted by atomic mass is 9.99. The van der Waals surface area contributed by atoms with Crippen molar-refractivity contribution in [3.8, 4) is 0 Å². The second-order valence-electron chi connectivity index (χ2n) is 4.25. The highest BCUT2D eigenvalue weighted by Gasteiger charge is 2.12. The second kappa shape index (κ2) is 5.99. The molecule has 2 aromatic rings. The minimum absolute atomic E-state index is 0.412. The summed E-state index contributed by atoms with van der Waals surface area (Å²) in [5.74, 6) is -1.26. The molecule has 0 bridgehead atoms. The topological polar surface area (TPSA) is 26.0 Å². The second-order valence-corrected chi connectivity index (χ2v) is 5.57. The molecule has 0 aliphatic carbocycles. The number of benzene rings is 2. The van der Waals surface area contributed by atoms with E-state index in [9.17, 15) is 8.78 Å². The minimum Gasteiger partial charge on any atom is -0.324 e. The van der Waals surface area contributed by atoms with Crippen molar-refractivity contribution in [3.05, 3.63) is 68.7 Å². The highest BCUT2D eigenvalue weighted by Crippen LogP contribution is 2.26. The predicted octanol–water partition coefficient (Wildman–Crippen LogP) is 4.62. The van der Waals surface area contributed by atoms with Gasteiger partial charge in [0.1, 0.15) is 11.6 Å². The van der Waals surface area contributed by atoms with E-state index in [1.807, 2.05) is 12.1 Å². The first-order valence-corrected chi connectivity index (χ1v) is 6.78. The molecule has 0 spiro atoms. The van der Waals surface area contributed by atoms with Gasteiger partial charge in [0, 0.05) is 21.6 Å². The van der Waals surface area contributed by atoms with Gasteiger partial charge in [-0.2, -0.15) is 0 Å². The minimum atomic E-state index is -0.632. The summed E-state index contributed by atoms with van der Waals surface area (Å²) in [6, 6.07) is 8.23. The van der Waals surface area contributed by atoms with E-state index in [1.54, 1.807) is 6.07 Å². The highest BCUT2D eigenvalue weighted by atomic mass is 79.9. The van der Waals surface area contributed by atoms with Gasteiger partial charge in [0.15, 0.2) is 0 Å². The number of hydrogen-bond acceptors (Lipinski definition) is 1. The lowest BCUT2D eigenvalue weighted by Gasteiger charge is -2.13. The largest absolute Gasteiger partial charge is 0.324 e. The molecule has 0 saturated carbocycles. The van der Waals surface area contributed by atoms with Gasteiger partial charge in [-0.3, -0.25) is 0 Å². The van der Waals surface area contributed by atoms with Crippen LogP contribution >= 0.6 is 27.5 Å². The van der Waals surface area contributed by atoms with Crippen LogP contribution in [0.1, 0.15) is 17.2 Å². The number of halogens is 4. The van der Waals surface area contributed by atoms with Gasteiger partial charge >= 0.3 is 0 Å². The molecular formula is C14H11BrClF2N.